The average Bonchev–Trinajstić information content (AvgIpc) is 3.78. The number of ether oxygens (including phenoxy) is 2. The SMILES string of the molecule is O=C(CC[C@H](O)CN1CCc2cc(OCc3cnco3)ccc2C1)c1cc(NC2COC2)nc(N2CCN(C(=O)C3CC3)CC2)n1. The summed E-state index contributed by atoms with van der Waals surface area (Å²) in [5, 5.41) is 14.3. The number of aromatic nitrogens is 3. The number of aliphatic hydroxyl groups excluding tert-OH is 1. The minimum absolute atomic E-state index is 0.125. The van der Waals surface area contributed by atoms with Crippen molar-refractivity contribution in [1.82, 2.24) is 24.8 Å². The fraction of sp³-hybridized carbons (Fsp3) is 0.545. The highest BCUT2D eigenvalue weighted by Gasteiger charge is 2.35. The average molecular weight is 632 g/mol. The molecule has 3 aromatic rings. The molecule has 0 unspecified atom stereocenters. The molecule has 13 heteroatoms. The zero-order chi connectivity index (χ0) is 31.5. The van der Waals surface area contributed by atoms with Crippen LogP contribution in [0.2, 0.25) is 0 Å². The molecule has 244 valence electrons. The van der Waals surface area contributed by atoms with Gasteiger partial charge in [-0.1, -0.05) is 6.07 Å². The Bertz CT molecular complexity index is 1520. The van der Waals surface area contributed by atoms with Gasteiger partial charge in [-0.2, -0.15) is 4.98 Å². The number of benzene rings is 1. The Kier molecular flexibility index (Phi) is 9.13. The maximum atomic E-state index is 13.4. The molecule has 46 heavy (non-hydrogen) atoms. The summed E-state index contributed by atoms with van der Waals surface area (Å²) in [5.41, 5.74) is 2.79. The number of hydrogen-bond donors (Lipinski definition) is 2. The van der Waals surface area contributed by atoms with Gasteiger partial charge in [0.15, 0.2) is 17.9 Å². The van der Waals surface area contributed by atoms with Crippen LogP contribution >= 0.6 is 0 Å². The van der Waals surface area contributed by atoms with E-state index in [4.69, 9.17) is 18.9 Å². The fourth-order valence-corrected chi connectivity index (χ4v) is 6.15. The Morgan fingerprint density at radius 2 is 1.91 bits per heavy atom. The second-order valence-corrected chi connectivity index (χ2v) is 12.7. The molecule has 1 atom stereocenters. The number of oxazole rings is 1. The number of aliphatic hydroxyl groups is 1. The quantitative estimate of drug-likeness (QED) is 0.267. The van der Waals surface area contributed by atoms with Crippen molar-refractivity contribution in [3.05, 3.63) is 59.4 Å². The first-order valence-corrected chi connectivity index (χ1v) is 16.3. The van der Waals surface area contributed by atoms with Crippen LogP contribution in [0.25, 0.3) is 0 Å². The third kappa shape index (κ3) is 7.48. The summed E-state index contributed by atoms with van der Waals surface area (Å²) in [7, 11) is 0. The van der Waals surface area contributed by atoms with Gasteiger partial charge in [-0.15, -0.1) is 0 Å². The van der Waals surface area contributed by atoms with Crippen LogP contribution in [-0.4, -0.2) is 106 Å². The first kappa shape index (κ1) is 30.6. The van der Waals surface area contributed by atoms with Crippen LogP contribution < -0.4 is 15.0 Å². The summed E-state index contributed by atoms with van der Waals surface area (Å²) in [5.74, 6) is 2.89. The van der Waals surface area contributed by atoms with Crippen molar-refractivity contribution < 1.29 is 28.6 Å². The van der Waals surface area contributed by atoms with Crippen LogP contribution in [-0.2, 0) is 29.1 Å². The summed E-state index contributed by atoms with van der Waals surface area (Å²) < 4.78 is 16.4. The molecule has 4 aliphatic rings. The van der Waals surface area contributed by atoms with Gasteiger partial charge in [-0.3, -0.25) is 14.5 Å². The van der Waals surface area contributed by atoms with Gasteiger partial charge in [0, 0.05) is 64.2 Å². The standard InChI is InChI=1S/C33H41N7O6/c41-26(17-38-8-7-23-13-27(5-3-24(23)16-38)45-20-28-15-34-21-46-28)4-6-30(42)29-14-31(35-25-18-44-19-25)37-33(36-29)40-11-9-39(10-12-40)32(43)22-1-2-22/h3,5,13-15,21-22,25-26,41H,1-2,4,6-12,16-20H2,(H,35,36,37)/t26-/m0/s1. The topological polar surface area (TPSA) is 146 Å². The summed E-state index contributed by atoms with van der Waals surface area (Å²) in [6.07, 6.45) is 5.77. The van der Waals surface area contributed by atoms with Crippen molar-refractivity contribution in [3.63, 3.8) is 0 Å². The van der Waals surface area contributed by atoms with Crippen molar-refractivity contribution in [1.29, 1.82) is 0 Å². The van der Waals surface area contributed by atoms with Crippen LogP contribution in [0, 0.1) is 5.92 Å². The molecule has 2 saturated heterocycles. The second kappa shape index (κ2) is 13.7. The first-order valence-electron chi connectivity index (χ1n) is 16.3. The number of hydrogen-bond acceptors (Lipinski definition) is 12. The Morgan fingerprint density at radius 3 is 2.65 bits per heavy atom. The molecular weight excluding hydrogens is 590 g/mol. The number of carbonyl (C=O) groups excluding carboxylic acids is 2. The maximum absolute atomic E-state index is 13.4. The van der Waals surface area contributed by atoms with Gasteiger partial charge < -0.3 is 34.1 Å². The van der Waals surface area contributed by atoms with Crippen molar-refractivity contribution >= 4 is 23.5 Å². The van der Waals surface area contributed by atoms with Gasteiger partial charge in [0.1, 0.15) is 23.9 Å². The lowest BCUT2D eigenvalue weighted by Crippen LogP contribution is -2.50. The highest BCUT2D eigenvalue weighted by Crippen LogP contribution is 2.31. The lowest BCUT2D eigenvalue weighted by Gasteiger charge is -2.35. The predicted molar refractivity (Wildman–Crippen MR) is 168 cm³/mol. The lowest BCUT2D eigenvalue weighted by molar-refractivity contribution is -0.132. The second-order valence-electron chi connectivity index (χ2n) is 12.7. The summed E-state index contributed by atoms with van der Waals surface area (Å²) in [6, 6.07) is 7.95. The van der Waals surface area contributed by atoms with Crippen LogP contribution in [0.3, 0.4) is 0 Å². The number of piperazine rings is 1. The van der Waals surface area contributed by atoms with E-state index in [1.165, 1.54) is 17.5 Å². The van der Waals surface area contributed by atoms with Gasteiger partial charge in [0.05, 0.1) is 31.6 Å². The highest BCUT2D eigenvalue weighted by molar-refractivity contribution is 5.95. The molecule has 5 heterocycles. The fourth-order valence-electron chi connectivity index (χ4n) is 6.15. The predicted octanol–water partition coefficient (Wildman–Crippen LogP) is 2.29. The van der Waals surface area contributed by atoms with E-state index in [9.17, 15) is 14.7 Å². The zero-order valence-corrected chi connectivity index (χ0v) is 26.0. The van der Waals surface area contributed by atoms with Gasteiger partial charge in [-0.05, 0) is 48.9 Å². The molecule has 0 radical (unpaired) electrons. The smallest absolute Gasteiger partial charge is 0.228 e. The number of ketones is 1. The number of amides is 1. The molecular formula is C33H41N7O6. The van der Waals surface area contributed by atoms with E-state index in [1.807, 2.05) is 15.9 Å². The van der Waals surface area contributed by atoms with Crippen molar-refractivity contribution in [3.8, 4) is 5.75 Å². The Balaban J connectivity index is 0.922. The molecule has 1 saturated carbocycles. The number of fused-ring (bicyclic) bond motifs is 1. The first-order chi connectivity index (χ1) is 22.5. The van der Waals surface area contributed by atoms with Crippen molar-refractivity contribution in [2.45, 2.75) is 57.4 Å². The number of β-amino-alcohol motifs (C(OH)–C–C–N with tert-alkyl or cyclic N) is 1. The largest absolute Gasteiger partial charge is 0.486 e. The summed E-state index contributed by atoms with van der Waals surface area (Å²) in [4.78, 5) is 45.4. The van der Waals surface area contributed by atoms with Gasteiger partial charge in [0.2, 0.25) is 11.9 Å². The Hall–Kier alpha value is -4.07. The van der Waals surface area contributed by atoms with Crippen LogP contribution in [0.1, 0.15) is 53.1 Å². The normalized spacial score (nSPS) is 19.3. The molecule has 0 bridgehead atoms. The zero-order valence-electron chi connectivity index (χ0n) is 26.0. The number of carbonyl (C=O) groups is 2. The number of Topliss-reactive ketones (excluding diaryl/α,β-unsaturated/α-hetero) is 1. The van der Waals surface area contributed by atoms with Crippen LogP contribution in [0.15, 0.2) is 41.3 Å². The van der Waals surface area contributed by atoms with E-state index in [-0.39, 0.29) is 30.1 Å². The van der Waals surface area contributed by atoms with Gasteiger partial charge >= 0.3 is 0 Å². The van der Waals surface area contributed by atoms with E-state index in [0.717, 1.165) is 38.1 Å². The Morgan fingerprint density at radius 1 is 1.07 bits per heavy atom. The summed E-state index contributed by atoms with van der Waals surface area (Å²) >= 11 is 0. The van der Waals surface area contributed by atoms with Gasteiger partial charge in [-0.25, -0.2) is 9.97 Å². The molecule has 1 aliphatic carbocycles. The molecule has 2 N–H and O–H groups in total. The maximum Gasteiger partial charge on any atom is 0.228 e. The molecule has 3 fully saturated rings. The van der Waals surface area contributed by atoms with Crippen molar-refractivity contribution in [2.24, 2.45) is 5.92 Å². The number of anilines is 2. The van der Waals surface area contributed by atoms with E-state index < -0.39 is 6.10 Å². The van der Waals surface area contributed by atoms with Crippen LogP contribution in [0.5, 0.6) is 5.75 Å². The van der Waals surface area contributed by atoms with E-state index in [1.54, 1.807) is 12.3 Å². The molecule has 0 spiro atoms. The third-order valence-electron chi connectivity index (χ3n) is 9.10. The molecule has 3 aliphatic heterocycles. The van der Waals surface area contributed by atoms with E-state index in [0.29, 0.717) is 82.2 Å². The Labute approximate surface area is 267 Å². The third-order valence-corrected chi connectivity index (χ3v) is 9.10. The minimum Gasteiger partial charge on any atom is -0.486 e. The number of nitrogens with zero attached hydrogens (tertiary/aromatic N) is 6. The van der Waals surface area contributed by atoms with Crippen LogP contribution in [0.4, 0.5) is 11.8 Å². The number of rotatable bonds is 13. The van der Waals surface area contributed by atoms with Gasteiger partial charge in [0.25, 0.3) is 0 Å². The monoisotopic (exact) mass is 631 g/mol. The minimum atomic E-state index is -0.641. The summed E-state index contributed by atoms with van der Waals surface area (Å²) in [6.45, 7) is 6.06. The van der Waals surface area contributed by atoms with Crippen molar-refractivity contribution in [2.75, 3.05) is 62.7 Å². The molecule has 13 nitrogen and oxygen atoms in total. The van der Waals surface area contributed by atoms with E-state index in [2.05, 4.69) is 32.3 Å². The highest BCUT2D eigenvalue weighted by atomic mass is 16.5. The number of nitrogens with one attached hydrogen (secondary N) is 1. The van der Waals surface area contributed by atoms with E-state index >= 15 is 0 Å². The lowest BCUT2D eigenvalue weighted by atomic mass is 9.98. The molecule has 1 amide bonds. The molecule has 1 aromatic carbocycles. The molecule has 7 rings (SSSR count). The molecule has 2 aromatic heterocycles.